The van der Waals surface area contributed by atoms with Crippen LogP contribution in [0.2, 0.25) is 0 Å². The molecule has 2 aromatic heterocycles. The summed E-state index contributed by atoms with van der Waals surface area (Å²) >= 11 is 0. The standard InChI is InChI=1S/C17H23N5O2/c1-14(12-22-8-3-7-20-22)10-19-17(23)21-9-5-16(13-21)24-15-4-2-6-18-11-15/h2-4,6-8,11,14,16H,5,9-10,12-13H2,1H3,(H,19,23)/t14-,16+/m0/s1. The molecule has 7 heteroatoms. The number of urea groups is 1. The molecule has 1 N–H and O–H groups in total. The molecule has 128 valence electrons. The Kier molecular flexibility index (Phi) is 5.30. The van der Waals surface area contributed by atoms with Gasteiger partial charge < -0.3 is 15.0 Å². The van der Waals surface area contributed by atoms with Gasteiger partial charge in [-0.1, -0.05) is 6.92 Å². The summed E-state index contributed by atoms with van der Waals surface area (Å²) in [7, 11) is 0. The van der Waals surface area contributed by atoms with E-state index in [0.717, 1.165) is 18.7 Å². The van der Waals surface area contributed by atoms with Gasteiger partial charge in [-0.25, -0.2) is 4.79 Å². The van der Waals surface area contributed by atoms with Crippen LogP contribution in [-0.2, 0) is 6.54 Å². The Morgan fingerprint density at radius 3 is 3.12 bits per heavy atom. The van der Waals surface area contributed by atoms with E-state index in [1.54, 1.807) is 18.6 Å². The van der Waals surface area contributed by atoms with E-state index in [1.807, 2.05) is 34.0 Å². The molecule has 0 saturated carbocycles. The van der Waals surface area contributed by atoms with Crippen molar-refractivity contribution in [2.75, 3.05) is 19.6 Å². The van der Waals surface area contributed by atoms with Gasteiger partial charge in [0.25, 0.3) is 0 Å². The molecule has 3 heterocycles. The van der Waals surface area contributed by atoms with Gasteiger partial charge in [-0.15, -0.1) is 0 Å². The number of hydrogen-bond acceptors (Lipinski definition) is 4. The number of hydrogen-bond donors (Lipinski definition) is 1. The summed E-state index contributed by atoms with van der Waals surface area (Å²) in [6, 6.07) is 5.60. The summed E-state index contributed by atoms with van der Waals surface area (Å²) in [5, 5.41) is 7.18. The molecule has 1 fully saturated rings. The number of nitrogens with one attached hydrogen (secondary N) is 1. The fraction of sp³-hybridized carbons (Fsp3) is 0.471. The van der Waals surface area contributed by atoms with E-state index in [4.69, 9.17) is 4.74 Å². The van der Waals surface area contributed by atoms with Crippen molar-refractivity contribution in [3.8, 4) is 5.75 Å². The molecule has 0 aliphatic carbocycles. The minimum atomic E-state index is -0.0281. The van der Waals surface area contributed by atoms with Crippen molar-refractivity contribution in [2.24, 2.45) is 5.92 Å². The third kappa shape index (κ3) is 4.47. The third-order valence-corrected chi connectivity index (χ3v) is 4.03. The minimum absolute atomic E-state index is 0.0281. The van der Waals surface area contributed by atoms with Crippen LogP contribution in [0.4, 0.5) is 4.79 Å². The highest BCUT2D eigenvalue weighted by atomic mass is 16.5. The molecule has 24 heavy (non-hydrogen) atoms. The van der Waals surface area contributed by atoms with Gasteiger partial charge >= 0.3 is 6.03 Å². The summed E-state index contributed by atoms with van der Waals surface area (Å²) < 4.78 is 7.74. The lowest BCUT2D eigenvalue weighted by Gasteiger charge is -2.19. The Morgan fingerprint density at radius 1 is 1.46 bits per heavy atom. The lowest BCUT2D eigenvalue weighted by molar-refractivity contribution is 0.185. The molecule has 2 amide bonds. The van der Waals surface area contributed by atoms with Crippen LogP contribution in [0, 0.1) is 5.92 Å². The summed E-state index contributed by atoms with van der Waals surface area (Å²) in [6.07, 6.45) is 7.97. The van der Waals surface area contributed by atoms with Gasteiger partial charge in [-0.05, 0) is 24.1 Å². The van der Waals surface area contributed by atoms with E-state index in [1.165, 1.54) is 0 Å². The van der Waals surface area contributed by atoms with Crippen LogP contribution in [0.5, 0.6) is 5.75 Å². The van der Waals surface area contributed by atoms with E-state index in [-0.39, 0.29) is 12.1 Å². The van der Waals surface area contributed by atoms with Crippen LogP contribution in [0.3, 0.4) is 0 Å². The van der Waals surface area contributed by atoms with Crippen molar-refractivity contribution in [2.45, 2.75) is 26.0 Å². The van der Waals surface area contributed by atoms with Gasteiger partial charge in [-0.2, -0.15) is 5.10 Å². The summed E-state index contributed by atoms with van der Waals surface area (Å²) in [4.78, 5) is 18.1. The van der Waals surface area contributed by atoms with E-state index < -0.39 is 0 Å². The Labute approximate surface area is 141 Å². The van der Waals surface area contributed by atoms with E-state index in [0.29, 0.717) is 25.6 Å². The molecule has 3 rings (SSSR count). The molecule has 0 aromatic carbocycles. The number of ether oxygens (including phenoxy) is 1. The van der Waals surface area contributed by atoms with Crippen LogP contribution in [0.1, 0.15) is 13.3 Å². The third-order valence-electron chi connectivity index (χ3n) is 4.03. The van der Waals surface area contributed by atoms with Gasteiger partial charge in [0, 0.05) is 44.6 Å². The topological polar surface area (TPSA) is 72.3 Å². The molecule has 0 spiro atoms. The fourth-order valence-corrected chi connectivity index (χ4v) is 2.78. The van der Waals surface area contributed by atoms with Gasteiger partial charge in [0.1, 0.15) is 11.9 Å². The average Bonchev–Trinajstić information content (AvgIpc) is 3.26. The summed E-state index contributed by atoms with van der Waals surface area (Å²) in [6.45, 7) is 4.84. The monoisotopic (exact) mass is 329 g/mol. The number of rotatable bonds is 6. The second-order valence-corrected chi connectivity index (χ2v) is 6.18. The Hall–Kier alpha value is -2.57. The van der Waals surface area contributed by atoms with Crippen LogP contribution < -0.4 is 10.1 Å². The van der Waals surface area contributed by atoms with Gasteiger partial charge in [0.15, 0.2) is 0 Å². The maximum atomic E-state index is 12.3. The van der Waals surface area contributed by atoms with Crippen molar-refractivity contribution < 1.29 is 9.53 Å². The van der Waals surface area contributed by atoms with Gasteiger partial charge in [-0.3, -0.25) is 9.67 Å². The quantitative estimate of drug-likeness (QED) is 0.877. The van der Waals surface area contributed by atoms with Crippen molar-refractivity contribution in [1.82, 2.24) is 25.0 Å². The largest absolute Gasteiger partial charge is 0.487 e. The normalized spacial score (nSPS) is 18.4. The smallest absolute Gasteiger partial charge is 0.317 e. The van der Waals surface area contributed by atoms with Crippen molar-refractivity contribution in [3.05, 3.63) is 43.0 Å². The Bertz CT molecular complexity index is 632. The molecule has 2 aromatic rings. The van der Waals surface area contributed by atoms with Gasteiger partial charge in [0.05, 0.1) is 12.7 Å². The minimum Gasteiger partial charge on any atom is -0.487 e. The first-order valence-electron chi connectivity index (χ1n) is 8.27. The molecule has 0 bridgehead atoms. The number of amides is 2. The molecule has 1 aliphatic rings. The molecule has 1 saturated heterocycles. The second-order valence-electron chi connectivity index (χ2n) is 6.18. The number of likely N-dealkylation sites (tertiary alicyclic amines) is 1. The first-order valence-corrected chi connectivity index (χ1v) is 8.27. The molecule has 7 nitrogen and oxygen atoms in total. The van der Waals surface area contributed by atoms with Crippen LogP contribution in [-0.4, -0.2) is 51.4 Å². The van der Waals surface area contributed by atoms with E-state index in [2.05, 4.69) is 22.3 Å². The highest BCUT2D eigenvalue weighted by Gasteiger charge is 2.27. The van der Waals surface area contributed by atoms with Crippen LogP contribution >= 0.6 is 0 Å². The predicted octanol–water partition coefficient (Wildman–Crippen LogP) is 1.78. The van der Waals surface area contributed by atoms with Gasteiger partial charge in [0.2, 0.25) is 0 Å². The maximum Gasteiger partial charge on any atom is 0.317 e. The van der Waals surface area contributed by atoms with Crippen LogP contribution in [0.25, 0.3) is 0 Å². The summed E-state index contributed by atoms with van der Waals surface area (Å²) in [5.41, 5.74) is 0. The average molecular weight is 329 g/mol. The Balaban J connectivity index is 1.39. The van der Waals surface area contributed by atoms with E-state index >= 15 is 0 Å². The Morgan fingerprint density at radius 2 is 2.38 bits per heavy atom. The SMILES string of the molecule is C[C@@H](CNC(=O)N1CC[C@@H](Oc2cccnc2)C1)Cn1cccn1. The second kappa shape index (κ2) is 7.81. The lowest BCUT2D eigenvalue weighted by atomic mass is 10.2. The van der Waals surface area contributed by atoms with Crippen molar-refractivity contribution in [1.29, 1.82) is 0 Å². The van der Waals surface area contributed by atoms with Crippen molar-refractivity contribution >= 4 is 6.03 Å². The lowest BCUT2D eigenvalue weighted by Crippen LogP contribution is -2.41. The molecular weight excluding hydrogens is 306 g/mol. The zero-order chi connectivity index (χ0) is 16.8. The molecule has 0 radical (unpaired) electrons. The van der Waals surface area contributed by atoms with Crippen molar-refractivity contribution in [3.63, 3.8) is 0 Å². The highest BCUT2D eigenvalue weighted by molar-refractivity contribution is 5.74. The molecule has 0 unspecified atom stereocenters. The zero-order valence-electron chi connectivity index (χ0n) is 13.8. The number of carbonyl (C=O) groups is 1. The van der Waals surface area contributed by atoms with E-state index in [9.17, 15) is 4.79 Å². The highest BCUT2D eigenvalue weighted by Crippen LogP contribution is 2.17. The summed E-state index contributed by atoms with van der Waals surface area (Å²) in [5.74, 6) is 1.07. The number of aromatic nitrogens is 3. The predicted molar refractivity (Wildman–Crippen MR) is 89.6 cm³/mol. The number of nitrogens with zero attached hydrogens (tertiary/aromatic N) is 4. The molecular formula is C17H23N5O2. The molecule has 2 atom stereocenters. The van der Waals surface area contributed by atoms with Crippen LogP contribution in [0.15, 0.2) is 43.0 Å². The first kappa shape index (κ1) is 16.3. The first-order chi connectivity index (χ1) is 11.7. The number of pyridine rings is 1. The fourth-order valence-electron chi connectivity index (χ4n) is 2.78. The molecule has 1 aliphatic heterocycles. The maximum absolute atomic E-state index is 12.3. The number of carbonyl (C=O) groups excluding carboxylic acids is 1. The zero-order valence-corrected chi connectivity index (χ0v) is 13.8.